The van der Waals surface area contributed by atoms with Gasteiger partial charge in [0, 0.05) is 62.8 Å². The van der Waals surface area contributed by atoms with E-state index >= 15 is 0 Å². The standard InChI is InChI=1S/C28H39N5O.C5H10O.C3H4/c1-5-8-9-13-29-27-23(4)20-26(22-30-27)24-11-10-12-25(21-24)28(34)33-18-16-32(17-19-33)15-14-31(6-2)7-3;1-4-5(2)6-3;1-3-2/h5,8-13,20-22H,6-7,14-19H2,1-4H3,(H,29,30);4H,1-3H3;1H,2H3/b8-5+,13-9+;5-4+;. The van der Waals surface area contributed by atoms with E-state index in [2.05, 4.69) is 52.4 Å². The normalized spacial score (nSPS) is 13.7. The van der Waals surface area contributed by atoms with E-state index in [4.69, 9.17) is 4.74 Å². The summed E-state index contributed by atoms with van der Waals surface area (Å²) in [5, 5.41) is 3.21. The van der Waals surface area contributed by atoms with E-state index in [1.807, 2.05) is 93.6 Å². The molecule has 43 heavy (non-hydrogen) atoms. The second kappa shape index (κ2) is 21.8. The average molecular weight is 588 g/mol. The largest absolute Gasteiger partial charge is 0.502 e. The topological polar surface area (TPSA) is 60.9 Å². The number of aryl methyl sites for hydroxylation is 1. The van der Waals surface area contributed by atoms with Gasteiger partial charge >= 0.3 is 0 Å². The molecular weight excluding hydrogens is 534 g/mol. The third kappa shape index (κ3) is 13.8. The van der Waals surface area contributed by atoms with Crippen molar-refractivity contribution >= 4 is 11.7 Å². The molecule has 0 radical (unpaired) electrons. The number of amides is 1. The molecule has 7 nitrogen and oxygen atoms in total. The van der Waals surface area contributed by atoms with E-state index in [1.54, 1.807) is 14.0 Å². The second-order valence-electron chi connectivity index (χ2n) is 10.1. The molecule has 1 aliphatic heterocycles. The predicted molar refractivity (Wildman–Crippen MR) is 183 cm³/mol. The molecule has 3 rings (SSSR count). The molecule has 1 amide bonds. The lowest BCUT2D eigenvalue weighted by atomic mass is 10.0. The number of hydrogen-bond acceptors (Lipinski definition) is 6. The van der Waals surface area contributed by atoms with Gasteiger partial charge in [-0.2, -0.15) is 0 Å². The first kappa shape index (κ1) is 37.2. The number of piperazine rings is 1. The molecule has 2 aromatic rings. The molecule has 1 fully saturated rings. The highest BCUT2D eigenvalue weighted by atomic mass is 16.5. The molecule has 0 atom stereocenters. The SMILES string of the molecule is C#CC.C/C=C(\C)OC.C/C=C/C=C/Nc1ncc(-c2cccc(C(=O)N3CCN(CCN(CC)CC)CC3)c2)cc1C. The lowest BCUT2D eigenvalue weighted by molar-refractivity contribution is 0.0625. The number of terminal acetylenes is 1. The number of benzene rings is 1. The van der Waals surface area contributed by atoms with Gasteiger partial charge in [0.1, 0.15) is 5.82 Å². The number of nitrogens with zero attached hydrogens (tertiary/aromatic N) is 4. The minimum Gasteiger partial charge on any atom is -0.502 e. The number of carbonyl (C=O) groups excluding carboxylic acids is 1. The van der Waals surface area contributed by atoms with Crippen molar-refractivity contribution in [2.24, 2.45) is 0 Å². The van der Waals surface area contributed by atoms with Gasteiger partial charge in [0.15, 0.2) is 0 Å². The maximum atomic E-state index is 13.2. The van der Waals surface area contributed by atoms with Crippen LogP contribution in [0.1, 0.15) is 57.5 Å². The highest BCUT2D eigenvalue weighted by molar-refractivity contribution is 5.95. The maximum Gasteiger partial charge on any atom is 0.253 e. The summed E-state index contributed by atoms with van der Waals surface area (Å²) in [5.74, 6) is 4.16. The Hall–Kier alpha value is -3.86. The van der Waals surface area contributed by atoms with Crippen LogP contribution in [-0.4, -0.2) is 85.1 Å². The Kier molecular flexibility index (Phi) is 18.8. The average Bonchev–Trinajstić information content (AvgIpc) is 3.04. The Morgan fingerprint density at radius 3 is 2.33 bits per heavy atom. The van der Waals surface area contributed by atoms with E-state index in [0.29, 0.717) is 0 Å². The van der Waals surface area contributed by atoms with Gasteiger partial charge < -0.3 is 19.9 Å². The second-order valence-corrected chi connectivity index (χ2v) is 10.1. The first-order valence-electron chi connectivity index (χ1n) is 15.2. The third-order valence-corrected chi connectivity index (χ3v) is 7.16. The number of anilines is 1. The lowest BCUT2D eigenvalue weighted by Gasteiger charge is -2.35. The van der Waals surface area contributed by atoms with E-state index in [1.165, 1.54) is 0 Å². The molecular formula is C36H53N5O2. The number of ether oxygens (including phenoxy) is 1. The van der Waals surface area contributed by atoms with Gasteiger partial charge in [0.05, 0.1) is 12.9 Å². The number of hydrogen-bond donors (Lipinski definition) is 1. The highest BCUT2D eigenvalue weighted by Gasteiger charge is 2.22. The first-order chi connectivity index (χ1) is 20.8. The Bertz CT molecular complexity index is 1220. The van der Waals surface area contributed by atoms with Gasteiger partial charge in [-0.3, -0.25) is 9.69 Å². The fourth-order valence-corrected chi connectivity index (χ4v) is 4.31. The van der Waals surface area contributed by atoms with Crippen LogP contribution < -0.4 is 5.32 Å². The Morgan fingerprint density at radius 1 is 1.12 bits per heavy atom. The van der Waals surface area contributed by atoms with E-state index in [-0.39, 0.29) is 5.91 Å². The fraction of sp³-hybridized carbons (Fsp3) is 0.444. The Morgan fingerprint density at radius 2 is 1.79 bits per heavy atom. The lowest BCUT2D eigenvalue weighted by Crippen LogP contribution is -2.50. The number of aromatic nitrogens is 1. The number of nitrogens with one attached hydrogen (secondary N) is 1. The van der Waals surface area contributed by atoms with Crippen molar-refractivity contribution < 1.29 is 9.53 Å². The van der Waals surface area contributed by atoms with Crippen LogP contribution in [0.15, 0.2) is 72.8 Å². The summed E-state index contributed by atoms with van der Waals surface area (Å²) < 4.78 is 4.76. The summed E-state index contributed by atoms with van der Waals surface area (Å²) in [7, 11) is 1.66. The monoisotopic (exact) mass is 587 g/mol. The smallest absolute Gasteiger partial charge is 0.253 e. The molecule has 1 saturated heterocycles. The zero-order valence-electron chi connectivity index (χ0n) is 27.7. The van der Waals surface area contributed by atoms with Crippen molar-refractivity contribution in [2.45, 2.75) is 48.5 Å². The number of rotatable bonds is 11. The summed E-state index contributed by atoms with van der Waals surface area (Å²) >= 11 is 0. The van der Waals surface area contributed by atoms with Crippen LogP contribution in [0.3, 0.4) is 0 Å². The van der Waals surface area contributed by atoms with Crippen LogP contribution >= 0.6 is 0 Å². The fourth-order valence-electron chi connectivity index (χ4n) is 4.31. The number of carbonyl (C=O) groups is 1. The van der Waals surface area contributed by atoms with Gasteiger partial charge in [-0.05, 0) is 83.1 Å². The van der Waals surface area contributed by atoms with Crippen molar-refractivity contribution in [3.63, 3.8) is 0 Å². The summed E-state index contributed by atoms with van der Waals surface area (Å²) in [5.41, 5.74) is 3.81. The minimum atomic E-state index is 0.113. The van der Waals surface area contributed by atoms with Crippen LogP contribution in [0.5, 0.6) is 0 Å². The number of allylic oxidation sites excluding steroid dienone is 5. The third-order valence-electron chi connectivity index (χ3n) is 7.16. The minimum absolute atomic E-state index is 0.113. The molecule has 234 valence electrons. The molecule has 1 aromatic heterocycles. The summed E-state index contributed by atoms with van der Waals surface area (Å²) in [6.07, 6.45) is 16.1. The van der Waals surface area contributed by atoms with E-state index in [9.17, 15) is 4.79 Å². The molecule has 0 aliphatic carbocycles. The molecule has 1 aromatic carbocycles. The van der Waals surface area contributed by atoms with Gasteiger partial charge in [-0.25, -0.2) is 4.98 Å². The summed E-state index contributed by atoms with van der Waals surface area (Å²) in [6.45, 7) is 21.7. The molecule has 1 aliphatic rings. The summed E-state index contributed by atoms with van der Waals surface area (Å²) in [6, 6.07) is 10.0. The van der Waals surface area contributed by atoms with Gasteiger partial charge in [0.25, 0.3) is 5.91 Å². The summed E-state index contributed by atoms with van der Waals surface area (Å²) in [4.78, 5) is 24.7. The van der Waals surface area contributed by atoms with Crippen molar-refractivity contribution in [3.05, 3.63) is 83.9 Å². The van der Waals surface area contributed by atoms with Crippen LogP contribution in [-0.2, 0) is 4.74 Å². The van der Waals surface area contributed by atoms with E-state index < -0.39 is 0 Å². The van der Waals surface area contributed by atoms with Crippen molar-refractivity contribution in [1.29, 1.82) is 0 Å². The van der Waals surface area contributed by atoms with Crippen molar-refractivity contribution in [1.82, 2.24) is 19.7 Å². The Balaban J connectivity index is 0.000000900. The predicted octanol–water partition coefficient (Wildman–Crippen LogP) is 6.85. The molecule has 1 N–H and O–H groups in total. The highest BCUT2D eigenvalue weighted by Crippen LogP contribution is 2.24. The molecule has 0 unspecified atom stereocenters. The Labute approximate surface area is 261 Å². The van der Waals surface area contributed by atoms with E-state index in [0.717, 1.165) is 86.2 Å². The number of likely N-dealkylation sites (N-methyl/N-ethyl adjacent to an activating group) is 1. The van der Waals surface area contributed by atoms with Crippen LogP contribution in [0.25, 0.3) is 11.1 Å². The molecule has 0 saturated carbocycles. The zero-order valence-corrected chi connectivity index (χ0v) is 27.7. The molecule has 7 heteroatoms. The quantitative estimate of drug-likeness (QED) is 0.176. The van der Waals surface area contributed by atoms with Crippen LogP contribution in [0, 0.1) is 19.3 Å². The van der Waals surface area contributed by atoms with Gasteiger partial charge in [0.2, 0.25) is 0 Å². The zero-order chi connectivity index (χ0) is 32.0. The van der Waals surface area contributed by atoms with Crippen molar-refractivity contribution in [3.8, 4) is 23.5 Å². The van der Waals surface area contributed by atoms with Gasteiger partial charge in [-0.15, -0.1) is 12.3 Å². The molecule has 0 spiro atoms. The number of pyridine rings is 1. The van der Waals surface area contributed by atoms with Crippen LogP contribution in [0.4, 0.5) is 5.82 Å². The molecule has 0 bridgehead atoms. The van der Waals surface area contributed by atoms with Gasteiger partial charge in [-0.1, -0.05) is 44.2 Å². The number of methoxy groups -OCH3 is 1. The molecule has 2 heterocycles. The maximum absolute atomic E-state index is 13.2. The van der Waals surface area contributed by atoms with Crippen LogP contribution in [0.2, 0.25) is 0 Å². The van der Waals surface area contributed by atoms with Crippen molar-refractivity contribution in [2.75, 3.05) is 64.8 Å². The first-order valence-corrected chi connectivity index (χ1v) is 15.2.